The van der Waals surface area contributed by atoms with Crippen LogP contribution in [0.1, 0.15) is 13.3 Å². The molecule has 1 N–H and O–H groups in total. The van der Waals surface area contributed by atoms with Crippen molar-refractivity contribution < 1.29 is 14.7 Å². The van der Waals surface area contributed by atoms with E-state index in [0.717, 1.165) is 18.7 Å². The Hall–Kier alpha value is -1.32. The molecule has 1 aliphatic carbocycles. The van der Waals surface area contributed by atoms with Crippen molar-refractivity contribution in [1.82, 2.24) is 4.90 Å². The fourth-order valence-corrected chi connectivity index (χ4v) is 1.37. The minimum atomic E-state index is -1.09. The van der Waals surface area contributed by atoms with E-state index < -0.39 is 5.97 Å². The first-order chi connectivity index (χ1) is 6.50. The van der Waals surface area contributed by atoms with Gasteiger partial charge in [0.15, 0.2) is 0 Å². The Morgan fingerprint density at radius 1 is 1.50 bits per heavy atom. The van der Waals surface area contributed by atoms with Crippen LogP contribution in [0.2, 0.25) is 0 Å². The predicted octanol–water partition coefficient (Wildman–Crippen LogP) is 0.742. The lowest BCUT2D eigenvalue weighted by molar-refractivity contribution is -0.132. The molecule has 2 atom stereocenters. The van der Waals surface area contributed by atoms with E-state index in [0.29, 0.717) is 11.8 Å². The molecule has 14 heavy (non-hydrogen) atoms. The van der Waals surface area contributed by atoms with Crippen molar-refractivity contribution in [3.63, 3.8) is 0 Å². The van der Waals surface area contributed by atoms with Gasteiger partial charge in [-0.25, -0.2) is 4.79 Å². The van der Waals surface area contributed by atoms with Crippen LogP contribution in [-0.4, -0.2) is 35.5 Å². The van der Waals surface area contributed by atoms with E-state index in [1.54, 1.807) is 11.9 Å². The van der Waals surface area contributed by atoms with Gasteiger partial charge in [-0.2, -0.15) is 0 Å². The van der Waals surface area contributed by atoms with E-state index in [1.165, 1.54) is 6.42 Å². The molecule has 0 bridgehead atoms. The van der Waals surface area contributed by atoms with Gasteiger partial charge >= 0.3 is 5.97 Å². The Bertz CT molecular complexity index is 273. The molecule has 1 aliphatic rings. The first kappa shape index (κ1) is 10.8. The summed E-state index contributed by atoms with van der Waals surface area (Å²) in [6.07, 6.45) is 3.13. The third kappa shape index (κ3) is 3.20. The molecular weight excluding hydrogens is 182 g/mol. The quantitative estimate of drug-likeness (QED) is 0.676. The van der Waals surface area contributed by atoms with Crippen LogP contribution >= 0.6 is 0 Å². The topological polar surface area (TPSA) is 57.6 Å². The van der Waals surface area contributed by atoms with Gasteiger partial charge in [0.2, 0.25) is 5.91 Å². The number of carbonyl (C=O) groups is 2. The fraction of sp³-hybridized carbons (Fsp3) is 0.600. The Balaban J connectivity index is 2.32. The lowest BCUT2D eigenvalue weighted by atomic mass is 10.3. The molecular formula is C10H15NO3. The Morgan fingerprint density at radius 2 is 2.07 bits per heavy atom. The number of carbonyl (C=O) groups excluding carboxylic acids is 1. The smallest absolute Gasteiger partial charge is 0.328 e. The fourth-order valence-electron chi connectivity index (χ4n) is 1.37. The van der Waals surface area contributed by atoms with Crippen molar-refractivity contribution >= 4 is 11.9 Å². The minimum absolute atomic E-state index is 0.244. The number of hydrogen-bond acceptors (Lipinski definition) is 2. The molecule has 2 unspecified atom stereocenters. The monoisotopic (exact) mass is 197 g/mol. The second kappa shape index (κ2) is 4.26. The highest BCUT2D eigenvalue weighted by molar-refractivity contribution is 5.93. The van der Waals surface area contributed by atoms with Crippen LogP contribution in [0.3, 0.4) is 0 Å². The van der Waals surface area contributed by atoms with Crippen LogP contribution < -0.4 is 0 Å². The number of rotatable bonds is 4. The standard InChI is InChI=1S/C10H15NO3/c1-7-5-8(7)6-11(2)9(12)3-4-10(13)14/h3-4,7-8H,5-6H2,1-2H3,(H,13,14). The SMILES string of the molecule is CC1CC1CN(C)C(=O)C=CC(=O)O. The summed E-state index contributed by atoms with van der Waals surface area (Å²) in [5, 5.41) is 8.32. The predicted molar refractivity (Wildman–Crippen MR) is 51.7 cm³/mol. The molecule has 0 aromatic heterocycles. The summed E-state index contributed by atoms with van der Waals surface area (Å²) >= 11 is 0. The highest BCUT2D eigenvalue weighted by atomic mass is 16.4. The van der Waals surface area contributed by atoms with Crippen molar-refractivity contribution in [1.29, 1.82) is 0 Å². The molecule has 78 valence electrons. The highest BCUT2D eigenvalue weighted by Gasteiger charge is 2.33. The van der Waals surface area contributed by atoms with Crippen molar-refractivity contribution in [3.8, 4) is 0 Å². The second-order valence-corrected chi connectivity index (χ2v) is 3.86. The molecule has 0 heterocycles. The third-order valence-electron chi connectivity index (χ3n) is 2.53. The van der Waals surface area contributed by atoms with Gasteiger partial charge in [-0.15, -0.1) is 0 Å². The molecule has 4 nitrogen and oxygen atoms in total. The molecule has 0 aliphatic heterocycles. The van der Waals surface area contributed by atoms with Gasteiger partial charge in [-0.05, 0) is 18.3 Å². The number of amides is 1. The molecule has 0 radical (unpaired) electrons. The van der Waals surface area contributed by atoms with E-state index in [2.05, 4.69) is 6.92 Å². The van der Waals surface area contributed by atoms with E-state index >= 15 is 0 Å². The van der Waals surface area contributed by atoms with Gasteiger partial charge < -0.3 is 10.0 Å². The average Bonchev–Trinajstić information content (AvgIpc) is 2.77. The first-order valence-corrected chi connectivity index (χ1v) is 4.67. The highest BCUT2D eigenvalue weighted by Crippen LogP contribution is 2.37. The molecule has 1 saturated carbocycles. The van der Waals surface area contributed by atoms with Gasteiger partial charge in [0, 0.05) is 25.7 Å². The second-order valence-electron chi connectivity index (χ2n) is 3.86. The molecule has 4 heteroatoms. The van der Waals surface area contributed by atoms with Crippen LogP contribution in [0.4, 0.5) is 0 Å². The van der Waals surface area contributed by atoms with Crippen LogP contribution in [0, 0.1) is 11.8 Å². The zero-order valence-corrected chi connectivity index (χ0v) is 8.43. The molecule has 0 saturated heterocycles. The first-order valence-electron chi connectivity index (χ1n) is 4.67. The van der Waals surface area contributed by atoms with E-state index in [1.807, 2.05) is 0 Å². The van der Waals surface area contributed by atoms with Crippen molar-refractivity contribution in [2.75, 3.05) is 13.6 Å². The number of carboxylic acid groups (broad SMARTS) is 1. The maximum atomic E-state index is 11.3. The molecule has 1 rings (SSSR count). The van der Waals surface area contributed by atoms with E-state index in [9.17, 15) is 9.59 Å². The molecule has 1 fully saturated rings. The van der Waals surface area contributed by atoms with Gasteiger partial charge in [-0.3, -0.25) is 4.79 Å². The van der Waals surface area contributed by atoms with Crippen LogP contribution in [0.5, 0.6) is 0 Å². The van der Waals surface area contributed by atoms with Crippen molar-refractivity contribution in [2.24, 2.45) is 11.8 Å². The maximum absolute atomic E-state index is 11.3. The Morgan fingerprint density at radius 3 is 2.50 bits per heavy atom. The maximum Gasteiger partial charge on any atom is 0.328 e. The number of likely N-dealkylation sites (N-methyl/N-ethyl adjacent to an activating group) is 1. The van der Waals surface area contributed by atoms with E-state index in [4.69, 9.17) is 5.11 Å². The normalized spacial score (nSPS) is 25.0. The van der Waals surface area contributed by atoms with Crippen molar-refractivity contribution in [3.05, 3.63) is 12.2 Å². The van der Waals surface area contributed by atoms with Crippen LogP contribution in [0.15, 0.2) is 12.2 Å². The third-order valence-corrected chi connectivity index (χ3v) is 2.53. The zero-order valence-electron chi connectivity index (χ0n) is 8.43. The number of aliphatic carboxylic acids is 1. The van der Waals surface area contributed by atoms with Gasteiger partial charge in [0.05, 0.1) is 0 Å². The molecule has 0 aromatic rings. The number of nitrogens with zero attached hydrogens (tertiary/aromatic N) is 1. The Kier molecular flexibility index (Phi) is 3.28. The van der Waals surface area contributed by atoms with E-state index in [-0.39, 0.29) is 5.91 Å². The van der Waals surface area contributed by atoms with Crippen molar-refractivity contribution in [2.45, 2.75) is 13.3 Å². The number of hydrogen-bond donors (Lipinski definition) is 1. The lowest BCUT2D eigenvalue weighted by Crippen LogP contribution is -2.27. The van der Waals surface area contributed by atoms with Gasteiger partial charge in [0.25, 0.3) is 0 Å². The summed E-state index contributed by atoms with van der Waals surface area (Å²) in [4.78, 5) is 23.0. The van der Waals surface area contributed by atoms with Crippen LogP contribution in [0.25, 0.3) is 0 Å². The van der Waals surface area contributed by atoms with Gasteiger partial charge in [-0.1, -0.05) is 6.92 Å². The molecule has 0 aromatic carbocycles. The molecule has 0 spiro atoms. The van der Waals surface area contributed by atoms with Crippen LogP contribution in [-0.2, 0) is 9.59 Å². The largest absolute Gasteiger partial charge is 0.478 e. The summed E-state index contributed by atoms with van der Waals surface area (Å²) < 4.78 is 0. The number of carboxylic acids is 1. The zero-order chi connectivity index (χ0) is 10.7. The molecule has 1 amide bonds. The summed E-state index contributed by atoms with van der Waals surface area (Å²) in [5.41, 5.74) is 0. The lowest BCUT2D eigenvalue weighted by Gasteiger charge is -2.14. The summed E-state index contributed by atoms with van der Waals surface area (Å²) in [6, 6.07) is 0. The van der Waals surface area contributed by atoms with Gasteiger partial charge in [0.1, 0.15) is 0 Å². The Labute approximate surface area is 83.2 Å². The summed E-state index contributed by atoms with van der Waals surface area (Å²) in [6.45, 7) is 2.88. The summed E-state index contributed by atoms with van der Waals surface area (Å²) in [7, 11) is 1.69. The average molecular weight is 197 g/mol. The minimum Gasteiger partial charge on any atom is -0.478 e. The summed E-state index contributed by atoms with van der Waals surface area (Å²) in [5.74, 6) is -0.0334.